The van der Waals surface area contributed by atoms with Crippen LogP contribution in [0.1, 0.15) is 69.1 Å². The molecule has 1 saturated heterocycles. The van der Waals surface area contributed by atoms with Crippen LogP contribution in [0.5, 0.6) is 6.01 Å². The molecule has 1 atom stereocenters. The Labute approximate surface area is 214 Å². The third-order valence-electron chi connectivity index (χ3n) is 6.14. The van der Waals surface area contributed by atoms with Gasteiger partial charge in [-0.05, 0) is 24.8 Å². The van der Waals surface area contributed by atoms with E-state index in [0.29, 0.717) is 44.5 Å². The molecule has 1 fully saturated rings. The van der Waals surface area contributed by atoms with Crippen LogP contribution in [0.15, 0.2) is 42.7 Å². The predicted molar refractivity (Wildman–Crippen MR) is 141 cm³/mol. The first-order valence-electron chi connectivity index (χ1n) is 13.2. The zero-order valence-electron chi connectivity index (χ0n) is 22.2. The van der Waals surface area contributed by atoms with Crippen LogP contribution in [0.4, 0.5) is 0 Å². The number of hydrogen-bond acceptors (Lipinski definition) is 6. The van der Waals surface area contributed by atoms with Gasteiger partial charge >= 0.3 is 6.01 Å². The number of carbonyl (C=O) groups is 1. The SMILES string of the molecule is CC.CC.CCc1cnc(OC[C@@H]2CCCN2C(=O)c2c(-c3ccccc3)nn3c2COCC3)nc1. The monoisotopic (exact) mass is 493 g/mol. The predicted octanol–water partition coefficient (Wildman–Crippen LogP) is 5.17. The fourth-order valence-electron chi connectivity index (χ4n) is 4.36. The van der Waals surface area contributed by atoms with E-state index >= 15 is 0 Å². The average Bonchev–Trinajstić information content (AvgIpc) is 3.59. The van der Waals surface area contributed by atoms with Gasteiger partial charge in [-0.15, -0.1) is 0 Å². The normalized spacial score (nSPS) is 16.2. The van der Waals surface area contributed by atoms with Crippen molar-refractivity contribution < 1.29 is 14.3 Å². The van der Waals surface area contributed by atoms with Crippen molar-refractivity contribution in [2.45, 2.75) is 73.1 Å². The summed E-state index contributed by atoms with van der Waals surface area (Å²) < 4.78 is 13.5. The van der Waals surface area contributed by atoms with E-state index in [1.807, 2.05) is 67.6 Å². The molecule has 0 radical (unpaired) electrons. The van der Waals surface area contributed by atoms with Crippen molar-refractivity contribution in [2.75, 3.05) is 19.8 Å². The van der Waals surface area contributed by atoms with Gasteiger partial charge in [0.1, 0.15) is 12.3 Å². The van der Waals surface area contributed by atoms with Crippen molar-refractivity contribution in [1.29, 1.82) is 0 Å². The van der Waals surface area contributed by atoms with Crippen molar-refractivity contribution in [2.24, 2.45) is 0 Å². The maximum atomic E-state index is 13.8. The molecule has 194 valence electrons. The van der Waals surface area contributed by atoms with Gasteiger partial charge in [0, 0.05) is 24.5 Å². The highest BCUT2D eigenvalue weighted by atomic mass is 16.5. The van der Waals surface area contributed by atoms with E-state index < -0.39 is 0 Å². The van der Waals surface area contributed by atoms with Gasteiger partial charge in [0.2, 0.25) is 0 Å². The van der Waals surface area contributed by atoms with Crippen LogP contribution >= 0.6 is 0 Å². The van der Waals surface area contributed by atoms with E-state index in [2.05, 4.69) is 16.9 Å². The van der Waals surface area contributed by atoms with Gasteiger partial charge in [0.25, 0.3) is 5.91 Å². The maximum Gasteiger partial charge on any atom is 0.316 e. The second-order valence-corrected chi connectivity index (χ2v) is 8.15. The summed E-state index contributed by atoms with van der Waals surface area (Å²) in [5.74, 6) is -0.0102. The molecule has 2 aliphatic heterocycles. The van der Waals surface area contributed by atoms with Crippen LogP contribution < -0.4 is 4.74 Å². The zero-order valence-corrected chi connectivity index (χ0v) is 22.2. The Bertz CT molecular complexity index is 1080. The minimum absolute atomic E-state index is 0.0102. The minimum atomic E-state index is -0.0272. The lowest BCUT2D eigenvalue weighted by molar-refractivity contribution is 0.0649. The van der Waals surface area contributed by atoms with Crippen LogP contribution in [0.2, 0.25) is 0 Å². The third kappa shape index (κ3) is 6.10. The minimum Gasteiger partial charge on any atom is -0.461 e. The molecule has 2 aromatic heterocycles. The fraction of sp³-hybridized carbons (Fsp3) is 0.500. The molecule has 4 heterocycles. The van der Waals surface area contributed by atoms with Crippen molar-refractivity contribution in [3.63, 3.8) is 0 Å². The molecule has 1 aromatic carbocycles. The molecule has 8 heteroatoms. The number of rotatable bonds is 6. The molecule has 2 aliphatic rings. The van der Waals surface area contributed by atoms with Gasteiger partial charge in [-0.2, -0.15) is 5.10 Å². The summed E-state index contributed by atoms with van der Waals surface area (Å²) in [4.78, 5) is 24.3. The molecule has 0 aliphatic carbocycles. The van der Waals surface area contributed by atoms with Crippen molar-refractivity contribution in [1.82, 2.24) is 24.6 Å². The number of hydrogen-bond donors (Lipinski definition) is 0. The number of amides is 1. The summed E-state index contributed by atoms with van der Waals surface area (Å²) >= 11 is 0. The Balaban J connectivity index is 0.000000861. The van der Waals surface area contributed by atoms with Gasteiger partial charge in [0.15, 0.2) is 0 Å². The zero-order chi connectivity index (χ0) is 25.9. The second-order valence-electron chi connectivity index (χ2n) is 8.15. The molecule has 0 saturated carbocycles. The standard InChI is InChI=1S/C24H27N5O3.2C2H6/c1-2-17-13-25-24(26-14-17)32-15-19-9-6-10-28(19)23(30)21-20-16-31-12-11-29(20)27-22(21)18-7-4-3-5-8-18;2*1-2/h3-5,7-8,13-14,19H,2,6,9-12,15-16H2,1H3;2*1-2H3/t19-;;/m0../s1. The van der Waals surface area contributed by atoms with Crippen LogP contribution in [0.25, 0.3) is 11.3 Å². The molecule has 3 aromatic rings. The first-order chi connectivity index (χ1) is 17.7. The topological polar surface area (TPSA) is 82.4 Å². The first kappa shape index (κ1) is 27.3. The van der Waals surface area contributed by atoms with Gasteiger partial charge < -0.3 is 14.4 Å². The van der Waals surface area contributed by atoms with Crippen LogP contribution in [-0.2, 0) is 24.3 Å². The third-order valence-corrected chi connectivity index (χ3v) is 6.14. The summed E-state index contributed by atoms with van der Waals surface area (Å²) in [7, 11) is 0. The Kier molecular flexibility index (Phi) is 10.4. The summed E-state index contributed by atoms with van der Waals surface area (Å²) in [6, 6.07) is 10.2. The molecule has 36 heavy (non-hydrogen) atoms. The number of ether oxygens (including phenoxy) is 2. The van der Waals surface area contributed by atoms with Crippen molar-refractivity contribution in [3.05, 3.63) is 59.5 Å². The summed E-state index contributed by atoms with van der Waals surface area (Å²) in [6.07, 6.45) is 6.28. The summed E-state index contributed by atoms with van der Waals surface area (Å²) in [5.41, 5.74) is 4.23. The van der Waals surface area contributed by atoms with Gasteiger partial charge in [-0.1, -0.05) is 65.0 Å². The highest BCUT2D eigenvalue weighted by Crippen LogP contribution is 2.31. The number of nitrogens with zero attached hydrogens (tertiary/aromatic N) is 5. The number of carbonyl (C=O) groups excluding carboxylic acids is 1. The number of likely N-dealkylation sites (tertiary alicyclic amines) is 1. The van der Waals surface area contributed by atoms with E-state index in [9.17, 15) is 4.79 Å². The van der Waals surface area contributed by atoms with E-state index in [0.717, 1.165) is 41.8 Å². The lowest BCUT2D eigenvalue weighted by atomic mass is 10.0. The molecule has 8 nitrogen and oxygen atoms in total. The van der Waals surface area contributed by atoms with Gasteiger partial charge in [0.05, 0.1) is 37.1 Å². The highest BCUT2D eigenvalue weighted by Gasteiger charge is 2.35. The molecule has 0 N–H and O–H groups in total. The average molecular weight is 494 g/mol. The van der Waals surface area contributed by atoms with E-state index in [-0.39, 0.29) is 11.9 Å². The lowest BCUT2D eigenvalue weighted by Gasteiger charge is -2.25. The molecule has 5 rings (SSSR count). The van der Waals surface area contributed by atoms with Crippen molar-refractivity contribution >= 4 is 5.91 Å². The second kappa shape index (κ2) is 13.7. The maximum absolute atomic E-state index is 13.8. The quantitative estimate of drug-likeness (QED) is 0.471. The largest absolute Gasteiger partial charge is 0.461 e. The van der Waals surface area contributed by atoms with E-state index in [1.165, 1.54) is 0 Å². The number of fused-ring (bicyclic) bond motifs is 1. The molecular weight excluding hydrogens is 454 g/mol. The molecule has 0 spiro atoms. The highest BCUT2D eigenvalue weighted by molar-refractivity contribution is 6.01. The molecular formula is C28H39N5O3. The van der Waals surface area contributed by atoms with Crippen LogP contribution in [-0.4, -0.2) is 56.4 Å². The smallest absolute Gasteiger partial charge is 0.316 e. The Morgan fingerprint density at radius 3 is 2.50 bits per heavy atom. The van der Waals surface area contributed by atoms with Crippen molar-refractivity contribution in [3.8, 4) is 17.3 Å². The summed E-state index contributed by atoms with van der Waals surface area (Å²) in [6.45, 7) is 12.8. The first-order valence-corrected chi connectivity index (χ1v) is 13.2. The molecule has 0 bridgehead atoms. The van der Waals surface area contributed by atoms with Crippen LogP contribution in [0, 0.1) is 0 Å². The Hall–Kier alpha value is -3.26. The van der Waals surface area contributed by atoms with E-state index in [1.54, 1.807) is 12.4 Å². The lowest BCUT2D eigenvalue weighted by Crippen LogP contribution is -2.40. The molecule has 0 unspecified atom stereocenters. The number of aromatic nitrogens is 4. The van der Waals surface area contributed by atoms with Gasteiger partial charge in [-0.25, -0.2) is 9.97 Å². The Morgan fingerprint density at radius 1 is 1.08 bits per heavy atom. The number of benzene rings is 1. The van der Waals surface area contributed by atoms with Crippen LogP contribution in [0.3, 0.4) is 0 Å². The van der Waals surface area contributed by atoms with Gasteiger partial charge in [-0.3, -0.25) is 9.48 Å². The van der Waals surface area contributed by atoms with E-state index in [4.69, 9.17) is 14.6 Å². The number of aryl methyl sites for hydroxylation is 1. The molecule has 1 amide bonds. The Morgan fingerprint density at radius 2 is 1.81 bits per heavy atom. The summed E-state index contributed by atoms with van der Waals surface area (Å²) in [5, 5.41) is 4.79. The fourth-order valence-corrected chi connectivity index (χ4v) is 4.36.